The van der Waals surface area contributed by atoms with Crippen molar-refractivity contribution in [1.29, 1.82) is 0 Å². The van der Waals surface area contributed by atoms with Crippen molar-refractivity contribution in [3.8, 4) is 28.7 Å². The molecule has 1 heterocycles. The van der Waals surface area contributed by atoms with Crippen molar-refractivity contribution < 1.29 is 29.5 Å². The zero-order chi connectivity index (χ0) is 18.0. The molecule has 2 unspecified atom stereocenters. The van der Waals surface area contributed by atoms with E-state index in [1.165, 1.54) is 12.1 Å². The minimum atomic E-state index is -0.838. The van der Waals surface area contributed by atoms with Gasteiger partial charge in [0.15, 0.2) is 11.5 Å². The highest BCUT2D eigenvalue weighted by molar-refractivity contribution is 5.52. The van der Waals surface area contributed by atoms with E-state index in [0.29, 0.717) is 36.0 Å². The molecule has 0 amide bonds. The fourth-order valence-corrected chi connectivity index (χ4v) is 2.99. The Morgan fingerprint density at radius 3 is 2.48 bits per heavy atom. The Kier molecular flexibility index (Phi) is 4.90. The molecule has 0 saturated carbocycles. The Bertz CT molecular complexity index is 758. The Morgan fingerprint density at radius 1 is 1.04 bits per heavy atom. The summed E-state index contributed by atoms with van der Waals surface area (Å²) in [4.78, 5) is 0. The van der Waals surface area contributed by atoms with Crippen LogP contribution >= 0.6 is 0 Å². The van der Waals surface area contributed by atoms with Gasteiger partial charge in [0.05, 0.1) is 19.3 Å². The third-order valence-electron chi connectivity index (χ3n) is 4.08. The summed E-state index contributed by atoms with van der Waals surface area (Å²) < 4.78 is 17.0. The molecule has 6 heteroatoms. The van der Waals surface area contributed by atoms with Crippen LogP contribution in [0.15, 0.2) is 30.3 Å². The second-order valence-electron chi connectivity index (χ2n) is 5.82. The molecule has 2 aromatic carbocycles. The summed E-state index contributed by atoms with van der Waals surface area (Å²) >= 11 is 0. The van der Waals surface area contributed by atoms with Crippen molar-refractivity contribution in [2.45, 2.75) is 32.5 Å². The van der Waals surface area contributed by atoms with E-state index in [-0.39, 0.29) is 17.9 Å². The first kappa shape index (κ1) is 17.2. The van der Waals surface area contributed by atoms with E-state index < -0.39 is 12.2 Å². The average Bonchev–Trinajstić information content (AvgIpc) is 2.57. The normalized spacial score (nSPS) is 19.0. The van der Waals surface area contributed by atoms with E-state index in [0.717, 1.165) is 5.56 Å². The summed E-state index contributed by atoms with van der Waals surface area (Å²) in [6, 6.07) is 8.06. The van der Waals surface area contributed by atoms with Gasteiger partial charge in [-0.15, -0.1) is 0 Å². The van der Waals surface area contributed by atoms with Gasteiger partial charge in [0.25, 0.3) is 0 Å². The molecular formula is C19H22O6. The van der Waals surface area contributed by atoms with E-state index in [9.17, 15) is 15.3 Å². The fourth-order valence-electron chi connectivity index (χ4n) is 2.99. The van der Waals surface area contributed by atoms with Crippen molar-refractivity contribution in [1.82, 2.24) is 0 Å². The SMILES string of the molecule is CCOc1ccc(C2Oc3cc(O)cc(O)c3CC2O)cc1OCC. The maximum absolute atomic E-state index is 10.5. The van der Waals surface area contributed by atoms with Gasteiger partial charge in [-0.2, -0.15) is 0 Å². The summed E-state index contributed by atoms with van der Waals surface area (Å²) in [6.07, 6.45) is -1.25. The van der Waals surface area contributed by atoms with Gasteiger partial charge >= 0.3 is 0 Å². The molecule has 1 aliphatic rings. The predicted octanol–water partition coefficient (Wildman–Crippen LogP) is 2.93. The summed E-state index contributed by atoms with van der Waals surface area (Å²) in [7, 11) is 0. The van der Waals surface area contributed by atoms with E-state index in [1.807, 2.05) is 19.9 Å². The molecule has 1 aliphatic heterocycles. The summed E-state index contributed by atoms with van der Waals surface area (Å²) in [5, 5.41) is 30.1. The van der Waals surface area contributed by atoms with E-state index in [4.69, 9.17) is 14.2 Å². The van der Waals surface area contributed by atoms with E-state index >= 15 is 0 Å². The summed E-state index contributed by atoms with van der Waals surface area (Å²) in [5.74, 6) is 1.40. The van der Waals surface area contributed by atoms with Gasteiger partial charge in [0, 0.05) is 24.1 Å². The van der Waals surface area contributed by atoms with Gasteiger partial charge in [-0.25, -0.2) is 0 Å². The second-order valence-corrected chi connectivity index (χ2v) is 5.82. The number of fused-ring (bicyclic) bond motifs is 1. The van der Waals surface area contributed by atoms with Crippen LogP contribution in [0.1, 0.15) is 31.1 Å². The van der Waals surface area contributed by atoms with Gasteiger partial charge < -0.3 is 29.5 Å². The molecule has 2 aromatic rings. The molecule has 3 N–H and O–H groups in total. The number of hydrogen-bond acceptors (Lipinski definition) is 6. The molecule has 0 aromatic heterocycles. The maximum atomic E-state index is 10.5. The van der Waals surface area contributed by atoms with Crippen LogP contribution in [0.5, 0.6) is 28.7 Å². The van der Waals surface area contributed by atoms with Crippen LogP contribution in [0.2, 0.25) is 0 Å². The molecule has 0 fully saturated rings. The average molecular weight is 346 g/mol. The first-order valence-corrected chi connectivity index (χ1v) is 8.32. The number of aromatic hydroxyl groups is 2. The topological polar surface area (TPSA) is 88.4 Å². The van der Waals surface area contributed by atoms with Crippen molar-refractivity contribution in [2.75, 3.05) is 13.2 Å². The molecule has 0 bridgehead atoms. The van der Waals surface area contributed by atoms with Gasteiger partial charge in [0.1, 0.15) is 23.4 Å². The van der Waals surface area contributed by atoms with Crippen LogP contribution in [0, 0.1) is 0 Å². The molecule has 0 spiro atoms. The first-order chi connectivity index (χ1) is 12.0. The molecular weight excluding hydrogens is 324 g/mol. The Morgan fingerprint density at radius 2 is 1.76 bits per heavy atom. The Hall–Kier alpha value is -2.60. The highest BCUT2D eigenvalue weighted by Gasteiger charge is 2.32. The van der Waals surface area contributed by atoms with Crippen molar-refractivity contribution in [3.63, 3.8) is 0 Å². The highest BCUT2D eigenvalue weighted by atomic mass is 16.5. The van der Waals surface area contributed by atoms with Gasteiger partial charge in [-0.3, -0.25) is 0 Å². The van der Waals surface area contributed by atoms with Gasteiger partial charge in [-0.1, -0.05) is 6.07 Å². The number of phenols is 2. The van der Waals surface area contributed by atoms with Crippen LogP contribution in [-0.4, -0.2) is 34.6 Å². The maximum Gasteiger partial charge on any atom is 0.161 e. The minimum absolute atomic E-state index is 0.0887. The molecule has 2 atom stereocenters. The fraction of sp³-hybridized carbons (Fsp3) is 0.368. The zero-order valence-corrected chi connectivity index (χ0v) is 14.2. The number of benzene rings is 2. The van der Waals surface area contributed by atoms with E-state index in [1.54, 1.807) is 12.1 Å². The molecule has 134 valence electrons. The van der Waals surface area contributed by atoms with Crippen molar-refractivity contribution >= 4 is 0 Å². The van der Waals surface area contributed by atoms with Crippen LogP contribution < -0.4 is 14.2 Å². The zero-order valence-electron chi connectivity index (χ0n) is 14.2. The number of rotatable bonds is 5. The number of phenolic OH excluding ortho intramolecular Hbond substituents is 2. The first-order valence-electron chi connectivity index (χ1n) is 8.32. The van der Waals surface area contributed by atoms with Gasteiger partial charge in [-0.05, 0) is 31.5 Å². The van der Waals surface area contributed by atoms with Crippen LogP contribution in [0.25, 0.3) is 0 Å². The van der Waals surface area contributed by atoms with Crippen LogP contribution in [-0.2, 0) is 6.42 Å². The smallest absolute Gasteiger partial charge is 0.161 e. The van der Waals surface area contributed by atoms with Crippen LogP contribution in [0.4, 0.5) is 0 Å². The lowest BCUT2D eigenvalue weighted by Crippen LogP contribution is -2.30. The number of aliphatic hydroxyl groups is 1. The van der Waals surface area contributed by atoms with Crippen molar-refractivity contribution in [3.05, 3.63) is 41.5 Å². The standard InChI is InChI=1S/C19H22O6/c1-3-23-16-6-5-11(7-18(16)24-4-2)19-15(22)10-13-14(21)8-12(20)9-17(13)25-19/h5-9,15,19-22H,3-4,10H2,1-2H3. The number of aliphatic hydroxyl groups excluding tert-OH is 1. The Balaban J connectivity index is 1.94. The largest absolute Gasteiger partial charge is 0.508 e. The quantitative estimate of drug-likeness (QED) is 0.771. The highest BCUT2D eigenvalue weighted by Crippen LogP contribution is 2.43. The molecule has 6 nitrogen and oxygen atoms in total. The molecule has 0 saturated heterocycles. The van der Waals surface area contributed by atoms with E-state index in [2.05, 4.69) is 0 Å². The lowest BCUT2D eigenvalue weighted by atomic mass is 9.94. The third-order valence-corrected chi connectivity index (χ3v) is 4.08. The summed E-state index contributed by atoms with van der Waals surface area (Å²) in [5.41, 5.74) is 1.21. The molecule has 0 aliphatic carbocycles. The summed E-state index contributed by atoms with van der Waals surface area (Å²) in [6.45, 7) is 4.79. The minimum Gasteiger partial charge on any atom is -0.508 e. The van der Waals surface area contributed by atoms with Crippen LogP contribution in [0.3, 0.4) is 0 Å². The van der Waals surface area contributed by atoms with Crippen molar-refractivity contribution in [2.24, 2.45) is 0 Å². The third kappa shape index (κ3) is 3.44. The number of hydrogen-bond donors (Lipinski definition) is 3. The molecule has 0 radical (unpaired) electrons. The monoisotopic (exact) mass is 346 g/mol. The second kappa shape index (κ2) is 7.11. The predicted molar refractivity (Wildman–Crippen MR) is 91.6 cm³/mol. The number of ether oxygens (including phenoxy) is 3. The Labute approximate surface area is 146 Å². The lowest BCUT2D eigenvalue weighted by molar-refractivity contribution is 0.0196. The van der Waals surface area contributed by atoms with Gasteiger partial charge in [0.2, 0.25) is 0 Å². The molecule has 3 rings (SSSR count). The lowest BCUT2D eigenvalue weighted by Gasteiger charge is -2.31. The molecule has 25 heavy (non-hydrogen) atoms.